The van der Waals surface area contributed by atoms with Crippen LogP contribution in [-0.2, 0) is 0 Å². The van der Waals surface area contributed by atoms with Gasteiger partial charge >= 0.3 is 5.69 Å². The van der Waals surface area contributed by atoms with Crippen molar-refractivity contribution in [3.05, 3.63) is 27.9 Å². The van der Waals surface area contributed by atoms with Gasteiger partial charge in [-0.05, 0) is 26.5 Å². The number of nitro groups is 1. The summed E-state index contributed by atoms with van der Waals surface area (Å²) in [5.74, 6) is 0.317. The minimum atomic E-state index is -0.424. The Balaban J connectivity index is 2.82. The summed E-state index contributed by atoms with van der Waals surface area (Å²) in [6.45, 7) is 4.35. The number of nitrogens with zero attached hydrogens (tertiary/aromatic N) is 2. The highest BCUT2D eigenvalue weighted by Crippen LogP contribution is 2.22. The van der Waals surface area contributed by atoms with Gasteiger partial charge in [-0.2, -0.15) is 0 Å². The van der Waals surface area contributed by atoms with E-state index in [2.05, 4.69) is 15.6 Å². The van der Waals surface area contributed by atoms with Crippen molar-refractivity contribution >= 4 is 11.5 Å². The molecule has 0 fully saturated rings. The van der Waals surface area contributed by atoms with Gasteiger partial charge in [-0.15, -0.1) is 0 Å². The van der Waals surface area contributed by atoms with Gasteiger partial charge in [0.2, 0.25) is 5.82 Å². The van der Waals surface area contributed by atoms with Crippen LogP contribution in [0.25, 0.3) is 0 Å². The summed E-state index contributed by atoms with van der Waals surface area (Å²) in [6, 6.07) is 1.74. The molecule has 6 heteroatoms. The molecule has 88 valence electrons. The van der Waals surface area contributed by atoms with E-state index in [9.17, 15) is 10.1 Å². The summed E-state index contributed by atoms with van der Waals surface area (Å²) in [7, 11) is 1.84. The number of aromatic nitrogens is 1. The summed E-state index contributed by atoms with van der Waals surface area (Å²) < 4.78 is 0. The lowest BCUT2D eigenvalue weighted by Gasteiger charge is -2.11. The molecule has 0 aliphatic carbocycles. The number of nitrogens with one attached hydrogen (secondary N) is 2. The monoisotopic (exact) mass is 224 g/mol. The summed E-state index contributed by atoms with van der Waals surface area (Å²) in [5.41, 5.74) is 0.794. The standard InChI is InChI=1S/C10H16N4O2/c1-7-4-9(14(15)16)10(12-5-7)13-6-8(2)11-3/h4-5,8,11H,6H2,1-3H3,(H,12,13). The number of hydrogen-bond acceptors (Lipinski definition) is 5. The van der Waals surface area contributed by atoms with E-state index in [0.29, 0.717) is 12.4 Å². The molecule has 0 saturated heterocycles. The largest absolute Gasteiger partial charge is 0.363 e. The van der Waals surface area contributed by atoms with Crippen LogP contribution < -0.4 is 10.6 Å². The number of rotatable bonds is 5. The average molecular weight is 224 g/mol. The number of aryl methyl sites for hydroxylation is 1. The van der Waals surface area contributed by atoms with Gasteiger partial charge in [-0.1, -0.05) is 0 Å². The molecular weight excluding hydrogens is 208 g/mol. The smallest absolute Gasteiger partial charge is 0.311 e. The number of hydrogen-bond donors (Lipinski definition) is 2. The molecule has 0 aromatic carbocycles. The molecule has 0 radical (unpaired) electrons. The molecule has 6 nitrogen and oxygen atoms in total. The zero-order valence-electron chi connectivity index (χ0n) is 9.65. The Kier molecular flexibility index (Phi) is 4.19. The molecule has 1 heterocycles. The lowest BCUT2D eigenvalue weighted by atomic mass is 10.2. The normalized spacial score (nSPS) is 12.2. The predicted molar refractivity (Wildman–Crippen MR) is 62.6 cm³/mol. The van der Waals surface area contributed by atoms with E-state index in [1.807, 2.05) is 14.0 Å². The van der Waals surface area contributed by atoms with E-state index in [1.165, 1.54) is 6.07 Å². The van der Waals surface area contributed by atoms with Gasteiger partial charge in [0.05, 0.1) is 4.92 Å². The van der Waals surface area contributed by atoms with Crippen molar-refractivity contribution in [2.75, 3.05) is 18.9 Å². The Morgan fingerprint density at radius 2 is 2.31 bits per heavy atom. The van der Waals surface area contributed by atoms with Crippen LogP contribution in [0.5, 0.6) is 0 Å². The SMILES string of the molecule is CNC(C)CNc1ncc(C)cc1[N+](=O)[O-]. The summed E-state index contributed by atoms with van der Waals surface area (Å²) in [4.78, 5) is 14.4. The minimum absolute atomic E-state index is 0.0169. The second-order valence-corrected chi connectivity index (χ2v) is 3.71. The average Bonchev–Trinajstić information content (AvgIpc) is 2.26. The maximum absolute atomic E-state index is 10.8. The number of pyridine rings is 1. The zero-order chi connectivity index (χ0) is 12.1. The second-order valence-electron chi connectivity index (χ2n) is 3.71. The van der Waals surface area contributed by atoms with E-state index in [1.54, 1.807) is 13.1 Å². The van der Waals surface area contributed by atoms with E-state index in [-0.39, 0.29) is 11.7 Å². The third-order valence-electron chi connectivity index (χ3n) is 2.27. The summed E-state index contributed by atoms with van der Waals surface area (Å²) in [6.07, 6.45) is 1.61. The fraction of sp³-hybridized carbons (Fsp3) is 0.500. The van der Waals surface area contributed by atoms with Crippen molar-refractivity contribution in [3.63, 3.8) is 0 Å². The predicted octanol–water partition coefficient (Wildman–Crippen LogP) is 1.32. The first-order valence-corrected chi connectivity index (χ1v) is 5.06. The Bertz CT molecular complexity index is 381. The van der Waals surface area contributed by atoms with Crippen molar-refractivity contribution in [1.82, 2.24) is 10.3 Å². The van der Waals surface area contributed by atoms with Crippen molar-refractivity contribution in [2.45, 2.75) is 19.9 Å². The molecule has 1 unspecified atom stereocenters. The molecule has 0 aliphatic rings. The third-order valence-corrected chi connectivity index (χ3v) is 2.27. The van der Waals surface area contributed by atoms with E-state index in [4.69, 9.17) is 0 Å². The third kappa shape index (κ3) is 3.16. The van der Waals surface area contributed by atoms with Gasteiger partial charge in [0.15, 0.2) is 0 Å². The van der Waals surface area contributed by atoms with E-state index < -0.39 is 4.92 Å². The molecule has 0 aliphatic heterocycles. The van der Waals surface area contributed by atoms with Crippen LogP contribution in [0.2, 0.25) is 0 Å². The Morgan fingerprint density at radius 1 is 1.62 bits per heavy atom. The van der Waals surface area contributed by atoms with Gasteiger partial charge in [-0.3, -0.25) is 10.1 Å². The maximum Gasteiger partial charge on any atom is 0.311 e. The molecule has 1 aromatic rings. The van der Waals surface area contributed by atoms with Gasteiger partial charge in [0.1, 0.15) is 0 Å². The highest BCUT2D eigenvalue weighted by atomic mass is 16.6. The quantitative estimate of drug-likeness (QED) is 0.582. The van der Waals surface area contributed by atoms with Crippen LogP contribution in [-0.4, -0.2) is 29.5 Å². The van der Waals surface area contributed by atoms with Crippen LogP contribution in [0.15, 0.2) is 12.3 Å². The first kappa shape index (κ1) is 12.4. The molecule has 0 saturated carbocycles. The van der Waals surface area contributed by atoms with E-state index in [0.717, 1.165) is 5.56 Å². The van der Waals surface area contributed by atoms with Crippen molar-refractivity contribution < 1.29 is 4.92 Å². The molecule has 16 heavy (non-hydrogen) atoms. The summed E-state index contributed by atoms with van der Waals surface area (Å²) in [5, 5.41) is 16.8. The fourth-order valence-electron chi connectivity index (χ4n) is 1.18. The minimum Gasteiger partial charge on any atom is -0.363 e. The van der Waals surface area contributed by atoms with Crippen LogP contribution in [0.1, 0.15) is 12.5 Å². The molecule has 0 amide bonds. The number of likely N-dealkylation sites (N-methyl/N-ethyl adjacent to an activating group) is 1. The van der Waals surface area contributed by atoms with Gasteiger partial charge in [-0.25, -0.2) is 4.98 Å². The topological polar surface area (TPSA) is 80.1 Å². The number of anilines is 1. The van der Waals surface area contributed by atoms with Gasteiger partial charge in [0, 0.05) is 24.8 Å². The fourth-order valence-corrected chi connectivity index (χ4v) is 1.18. The molecule has 0 bridgehead atoms. The van der Waals surface area contributed by atoms with Crippen molar-refractivity contribution in [3.8, 4) is 0 Å². The first-order valence-electron chi connectivity index (χ1n) is 5.06. The maximum atomic E-state index is 10.8. The second kappa shape index (κ2) is 5.41. The molecule has 1 atom stereocenters. The van der Waals surface area contributed by atoms with Crippen LogP contribution in [0.4, 0.5) is 11.5 Å². The van der Waals surface area contributed by atoms with Crippen LogP contribution in [0.3, 0.4) is 0 Å². The van der Waals surface area contributed by atoms with Crippen molar-refractivity contribution in [2.24, 2.45) is 0 Å². The highest BCUT2D eigenvalue weighted by molar-refractivity contribution is 5.56. The lowest BCUT2D eigenvalue weighted by molar-refractivity contribution is -0.384. The molecule has 1 aromatic heterocycles. The first-order chi connectivity index (χ1) is 7.54. The molecular formula is C10H16N4O2. The molecule has 1 rings (SSSR count). The van der Waals surface area contributed by atoms with E-state index >= 15 is 0 Å². The highest BCUT2D eigenvalue weighted by Gasteiger charge is 2.15. The van der Waals surface area contributed by atoms with Crippen LogP contribution >= 0.6 is 0 Å². The Hall–Kier alpha value is -1.69. The molecule has 0 spiro atoms. The van der Waals surface area contributed by atoms with Crippen LogP contribution in [0, 0.1) is 17.0 Å². The Morgan fingerprint density at radius 3 is 2.88 bits per heavy atom. The zero-order valence-corrected chi connectivity index (χ0v) is 9.65. The summed E-state index contributed by atoms with van der Waals surface area (Å²) >= 11 is 0. The Labute approximate surface area is 94.2 Å². The van der Waals surface area contributed by atoms with Gasteiger partial charge < -0.3 is 10.6 Å². The van der Waals surface area contributed by atoms with Gasteiger partial charge in [0.25, 0.3) is 0 Å². The lowest BCUT2D eigenvalue weighted by Crippen LogP contribution is -2.29. The van der Waals surface area contributed by atoms with Crippen molar-refractivity contribution in [1.29, 1.82) is 0 Å². The molecule has 2 N–H and O–H groups in total.